The van der Waals surface area contributed by atoms with Crippen LogP contribution in [0, 0.1) is 0 Å². The molecule has 30 heavy (non-hydrogen) atoms. The fourth-order valence-corrected chi connectivity index (χ4v) is 3.43. The molecule has 0 bridgehead atoms. The smallest absolute Gasteiger partial charge is 0.416 e. The number of anilines is 1. The third-order valence-corrected chi connectivity index (χ3v) is 4.99. The van der Waals surface area contributed by atoms with Crippen LogP contribution in [0.2, 0.25) is 5.02 Å². The highest BCUT2D eigenvalue weighted by molar-refractivity contribution is 6.30. The average molecular weight is 433 g/mol. The quantitative estimate of drug-likeness (QED) is 0.516. The molecule has 1 heterocycles. The van der Waals surface area contributed by atoms with Gasteiger partial charge in [0.05, 0.1) is 11.6 Å². The Balaban J connectivity index is 1.57. The second-order valence-corrected chi connectivity index (χ2v) is 7.18. The zero-order valence-electron chi connectivity index (χ0n) is 15.5. The monoisotopic (exact) mass is 432 g/mol. The van der Waals surface area contributed by atoms with Crippen LogP contribution in [0.25, 0.3) is 0 Å². The number of rotatable bonds is 4. The van der Waals surface area contributed by atoms with Crippen molar-refractivity contribution in [1.82, 2.24) is 5.32 Å². The molecule has 1 saturated heterocycles. The van der Waals surface area contributed by atoms with Gasteiger partial charge in [0.25, 0.3) is 0 Å². The van der Waals surface area contributed by atoms with E-state index in [-0.39, 0.29) is 12.6 Å². The highest BCUT2D eigenvalue weighted by atomic mass is 35.5. The lowest BCUT2D eigenvalue weighted by Gasteiger charge is -2.24. The van der Waals surface area contributed by atoms with E-state index < -0.39 is 17.8 Å². The predicted octanol–water partition coefficient (Wildman–Crippen LogP) is 6.42. The molecule has 1 N–H and O–H groups in total. The van der Waals surface area contributed by atoms with Gasteiger partial charge in [-0.25, -0.2) is 4.79 Å². The Bertz CT molecular complexity index is 1050. The van der Waals surface area contributed by atoms with Gasteiger partial charge in [-0.2, -0.15) is 13.2 Å². The Morgan fingerprint density at radius 2 is 1.60 bits per heavy atom. The Hall–Kier alpha value is -3.19. The predicted molar refractivity (Wildman–Crippen MR) is 108 cm³/mol. The Morgan fingerprint density at radius 1 is 0.967 bits per heavy atom. The molecule has 154 valence electrons. The van der Waals surface area contributed by atoms with Crippen molar-refractivity contribution in [3.8, 4) is 11.5 Å². The largest absolute Gasteiger partial charge is 0.457 e. The molecule has 0 aromatic heterocycles. The molecule has 0 saturated carbocycles. The molecule has 4 rings (SSSR count). The zero-order chi connectivity index (χ0) is 21.3. The van der Waals surface area contributed by atoms with Crippen molar-refractivity contribution in [3.05, 3.63) is 88.9 Å². The summed E-state index contributed by atoms with van der Waals surface area (Å²) in [5.41, 5.74) is 0.214. The van der Waals surface area contributed by atoms with Gasteiger partial charge >= 0.3 is 12.2 Å². The van der Waals surface area contributed by atoms with E-state index in [9.17, 15) is 18.0 Å². The van der Waals surface area contributed by atoms with Crippen molar-refractivity contribution in [2.24, 2.45) is 0 Å². The molecule has 0 spiro atoms. The molecule has 1 aliphatic rings. The van der Waals surface area contributed by atoms with Gasteiger partial charge in [0.1, 0.15) is 11.5 Å². The highest BCUT2D eigenvalue weighted by Crippen LogP contribution is 2.35. The number of benzene rings is 3. The van der Waals surface area contributed by atoms with Crippen molar-refractivity contribution in [2.45, 2.75) is 12.2 Å². The number of nitrogens with one attached hydrogen (secondary N) is 1. The Labute approximate surface area is 175 Å². The van der Waals surface area contributed by atoms with E-state index in [4.69, 9.17) is 16.3 Å². The number of carbonyl (C=O) groups excluding carboxylic acids is 1. The second-order valence-electron chi connectivity index (χ2n) is 6.74. The van der Waals surface area contributed by atoms with Crippen molar-refractivity contribution in [2.75, 3.05) is 11.4 Å². The molecule has 0 unspecified atom stereocenters. The molecular formula is C22H16ClF3N2O2. The Morgan fingerprint density at radius 3 is 2.23 bits per heavy atom. The lowest BCUT2D eigenvalue weighted by atomic mass is 10.0. The molecular weight excluding hydrogens is 417 g/mol. The van der Waals surface area contributed by atoms with Gasteiger partial charge in [0, 0.05) is 17.3 Å². The molecule has 1 aliphatic heterocycles. The van der Waals surface area contributed by atoms with Crippen LogP contribution in [0.1, 0.15) is 17.2 Å². The van der Waals surface area contributed by atoms with Crippen LogP contribution in [0.15, 0.2) is 72.8 Å². The van der Waals surface area contributed by atoms with Gasteiger partial charge in [-0.1, -0.05) is 23.7 Å². The standard InChI is InChI=1S/C22H16ClF3N2O2/c23-16-4-8-18(9-5-16)30-19-10-6-17(7-11-19)28-20(13-27-21(28)29)14-2-1-3-15(12-14)22(24,25)26/h1-12,20H,13H2,(H,27,29)/t20-/m1/s1. The van der Waals surface area contributed by atoms with Crippen LogP contribution < -0.4 is 15.0 Å². The van der Waals surface area contributed by atoms with E-state index in [2.05, 4.69) is 5.32 Å². The van der Waals surface area contributed by atoms with Crippen LogP contribution in [0.3, 0.4) is 0 Å². The van der Waals surface area contributed by atoms with E-state index in [0.29, 0.717) is 27.8 Å². The van der Waals surface area contributed by atoms with Crippen molar-refractivity contribution < 1.29 is 22.7 Å². The number of hydrogen-bond donors (Lipinski definition) is 1. The molecule has 1 atom stereocenters. The summed E-state index contributed by atoms with van der Waals surface area (Å²) < 4.78 is 45.0. The fourth-order valence-electron chi connectivity index (χ4n) is 3.30. The minimum Gasteiger partial charge on any atom is -0.457 e. The normalized spacial score (nSPS) is 16.5. The number of alkyl halides is 3. The molecule has 1 fully saturated rings. The van der Waals surface area contributed by atoms with Crippen LogP contribution in [0.5, 0.6) is 11.5 Å². The summed E-state index contributed by atoms with van der Waals surface area (Å²) in [5.74, 6) is 1.16. The first-order valence-corrected chi connectivity index (χ1v) is 9.47. The number of ether oxygens (including phenoxy) is 1. The third kappa shape index (κ3) is 4.21. The van der Waals surface area contributed by atoms with E-state index in [1.807, 2.05) is 0 Å². The zero-order valence-corrected chi connectivity index (χ0v) is 16.2. The lowest BCUT2D eigenvalue weighted by molar-refractivity contribution is -0.137. The van der Waals surface area contributed by atoms with E-state index in [0.717, 1.165) is 12.1 Å². The summed E-state index contributed by atoms with van der Waals surface area (Å²) in [5, 5.41) is 3.29. The van der Waals surface area contributed by atoms with E-state index in [1.54, 1.807) is 54.6 Å². The summed E-state index contributed by atoms with van der Waals surface area (Å²) in [7, 11) is 0. The second kappa shape index (κ2) is 7.91. The van der Waals surface area contributed by atoms with Gasteiger partial charge < -0.3 is 10.1 Å². The van der Waals surface area contributed by atoms with Crippen molar-refractivity contribution in [1.29, 1.82) is 0 Å². The fraction of sp³-hybridized carbons (Fsp3) is 0.136. The molecule has 2 amide bonds. The molecule has 3 aromatic rings. The first-order chi connectivity index (χ1) is 14.3. The van der Waals surface area contributed by atoms with Gasteiger partial charge in [-0.15, -0.1) is 0 Å². The first kappa shape index (κ1) is 20.1. The van der Waals surface area contributed by atoms with Crippen LogP contribution in [-0.4, -0.2) is 12.6 Å². The third-order valence-electron chi connectivity index (χ3n) is 4.74. The van der Waals surface area contributed by atoms with Crippen molar-refractivity contribution in [3.63, 3.8) is 0 Å². The number of hydrogen-bond acceptors (Lipinski definition) is 2. The summed E-state index contributed by atoms with van der Waals surface area (Å²) in [6, 6.07) is 17.8. The molecule has 8 heteroatoms. The molecule has 4 nitrogen and oxygen atoms in total. The molecule has 3 aromatic carbocycles. The number of nitrogens with zero attached hydrogens (tertiary/aromatic N) is 1. The molecule has 0 radical (unpaired) electrons. The van der Waals surface area contributed by atoms with E-state index in [1.165, 1.54) is 11.0 Å². The topological polar surface area (TPSA) is 41.6 Å². The van der Waals surface area contributed by atoms with Crippen LogP contribution >= 0.6 is 11.6 Å². The maximum Gasteiger partial charge on any atom is 0.416 e. The number of urea groups is 1. The molecule has 0 aliphatic carbocycles. The van der Waals surface area contributed by atoms with Gasteiger partial charge in [-0.05, 0) is 66.2 Å². The van der Waals surface area contributed by atoms with Gasteiger partial charge in [-0.3, -0.25) is 4.90 Å². The number of halogens is 4. The lowest BCUT2D eigenvalue weighted by Crippen LogP contribution is -2.29. The number of carbonyl (C=O) groups is 1. The average Bonchev–Trinajstić information content (AvgIpc) is 3.11. The maximum absolute atomic E-state index is 13.1. The van der Waals surface area contributed by atoms with E-state index >= 15 is 0 Å². The summed E-state index contributed by atoms with van der Waals surface area (Å²) in [6.07, 6.45) is -4.45. The minimum atomic E-state index is -4.45. The Kier molecular flexibility index (Phi) is 5.30. The summed E-state index contributed by atoms with van der Waals surface area (Å²) in [4.78, 5) is 13.8. The highest BCUT2D eigenvalue weighted by Gasteiger charge is 2.35. The summed E-state index contributed by atoms with van der Waals surface area (Å²) >= 11 is 5.86. The summed E-state index contributed by atoms with van der Waals surface area (Å²) in [6.45, 7) is 0.211. The minimum absolute atomic E-state index is 0.211. The maximum atomic E-state index is 13.1. The van der Waals surface area contributed by atoms with Gasteiger partial charge in [0.15, 0.2) is 0 Å². The van der Waals surface area contributed by atoms with Crippen LogP contribution in [0.4, 0.5) is 23.7 Å². The first-order valence-electron chi connectivity index (χ1n) is 9.09. The number of amides is 2. The van der Waals surface area contributed by atoms with Crippen molar-refractivity contribution >= 4 is 23.3 Å². The van der Waals surface area contributed by atoms with Crippen LogP contribution in [-0.2, 0) is 6.18 Å². The van der Waals surface area contributed by atoms with Gasteiger partial charge in [0.2, 0.25) is 0 Å². The SMILES string of the molecule is O=C1NC[C@H](c2cccc(C(F)(F)F)c2)N1c1ccc(Oc2ccc(Cl)cc2)cc1.